The van der Waals surface area contributed by atoms with Crippen LogP contribution in [0.1, 0.15) is 27.2 Å². The molecule has 0 radical (unpaired) electrons. The maximum atomic E-state index is 10.7. The summed E-state index contributed by atoms with van der Waals surface area (Å²) >= 11 is 0. The molecule has 0 spiro atoms. The maximum absolute atomic E-state index is 10.7. The van der Waals surface area contributed by atoms with Gasteiger partial charge in [0.05, 0.1) is 6.61 Å². The molecule has 7 nitrogen and oxygen atoms in total. The van der Waals surface area contributed by atoms with Gasteiger partial charge in [0, 0.05) is 13.1 Å². The van der Waals surface area contributed by atoms with Gasteiger partial charge in [0.1, 0.15) is 0 Å². The van der Waals surface area contributed by atoms with Gasteiger partial charge in [0.15, 0.2) is 0 Å². The zero-order valence-corrected chi connectivity index (χ0v) is 10.4. The lowest BCUT2D eigenvalue weighted by atomic mass is 10.5. The number of H-pyrrole nitrogens is 1. The van der Waals surface area contributed by atoms with Crippen LogP contribution in [0.15, 0.2) is 0 Å². The molecule has 1 rings (SSSR count). The van der Waals surface area contributed by atoms with Crippen molar-refractivity contribution < 1.29 is 9.66 Å². The van der Waals surface area contributed by atoms with Gasteiger partial charge in [-0.3, -0.25) is 0 Å². The highest BCUT2D eigenvalue weighted by Crippen LogP contribution is 2.28. The molecule has 0 saturated carbocycles. The second-order valence-electron chi connectivity index (χ2n) is 3.49. The maximum Gasteiger partial charge on any atom is 0.437 e. The Kier molecular flexibility index (Phi) is 4.74. The number of imidazole rings is 1. The minimum atomic E-state index is -0.550. The first kappa shape index (κ1) is 13.3. The summed E-state index contributed by atoms with van der Waals surface area (Å²) in [6.45, 7) is 7.88. The summed E-state index contributed by atoms with van der Waals surface area (Å²) in [6, 6.07) is 0. The average molecular weight is 242 g/mol. The van der Waals surface area contributed by atoms with Gasteiger partial charge in [-0.15, -0.1) is 0 Å². The summed E-state index contributed by atoms with van der Waals surface area (Å²) < 4.78 is 5.41. The van der Waals surface area contributed by atoms with E-state index in [-0.39, 0.29) is 5.95 Å². The van der Waals surface area contributed by atoms with E-state index in [1.54, 1.807) is 0 Å². The fraction of sp³-hybridized carbons (Fsp3) is 0.700. The standard InChI is InChI=1S/C10H18N4O3/c1-4-7-17-9-8(13(5-2)6-3)11-10(12-9)14(15)16/h4-7H2,1-3H3,(H,11,12). The Morgan fingerprint density at radius 2 is 2.06 bits per heavy atom. The van der Waals surface area contributed by atoms with Crippen LogP contribution in [-0.4, -0.2) is 34.6 Å². The van der Waals surface area contributed by atoms with Crippen molar-refractivity contribution in [1.82, 2.24) is 9.97 Å². The largest absolute Gasteiger partial charge is 0.462 e. The molecule has 0 bridgehead atoms. The van der Waals surface area contributed by atoms with E-state index in [4.69, 9.17) is 4.74 Å². The van der Waals surface area contributed by atoms with E-state index < -0.39 is 4.92 Å². The van der Waals surface area contributed by atoms with Crippen LogP contribution in [-0.2, 0) is 0 Å². The van der Waals surface area contributed by atoms with E-state index in [2.05, 4.69) is 9.97 Å². The highest BCUT2D eigenvalue weighted by Gasteiger charge is 2.24. The van der Waals surface area contributed by atoms with Gasteiger partial charge in [-0.1, -0.05) is 6.92 Å². The van der Waals surface area contributed by atoms with Crippen LogP contribution in [0.2, 0.25) is 0 Å². The minimum absolute atomic E-state index is 0.280. The van der Waals surface area contributed by atoms with Crippen molar-refractivity contribution in [1.29, 1.82) is 0 Å². The summed E-state index contributed by atoms with van der Waals surface area (Å²) in [5, 5.41) is 10.7. The lowest BCUT2D eigenvalue weighted by Gasteiger charge is -2.16. The van der Waals surface area contributed by atoms with Crippen LogP contribution in [0.3, 0.4) is 0 Å². The smallest absolute Gasteiger partial charge is 0.437 e. The Hall–Kier alpha value is -1.79. The molecule has 0 unspecified atom stereocenters. The number of hydrogen-bond donors (Lipinski definition) is 1. The Morgan fingerprint density at radius 3 is 2.53 bits per heavy atom. The van der Waals surface area contributed by atoms with E-state index >= 15 is 0 Å². The predicted molar refractivity (Wildman–Crippen MR) is 64.6 cm³/mol. The van der Waals surface area contributed by atoms with Gasteiger partial charge in [-0.05, 0) is 30.2 Å². The molecular weight excluding hydrogens is 224 g/mol. The number of ether oxygens (including phenoxy) is 1. The van der Waals surface area contributed by atoms with E-state index in [0.717, 1.165) is 19.5 Å². The van der Waals surface area contributed by atoms with Gasteiger partial charge in [0.2, 0.25) is 0 Å². The molecule has 0 amide bonds. The Balaban J connectivity index is 3.01. The summed E-state index contributed by atoms with van der Waals surface area (Å²) in [7, 11) is 0. The Bertz CT molecular complexity index is 374. The molecule has 7 heteroatoms. The van der Waals surface area contributed by atoms with Crippen LogP contribution < -0.4 is 9.64 Å². The number of nitrogens with one attached hydrogen (secondary N) is 1. The monoisotopic (exact) mass is 242 g/mol. The number of rotatable bonds is 7. The normalized spacial score (nSPS) is 10.3. The number of aromatic amines is 1. The van der Waals surface area contributed by atoms with Crippen LogP contribution in [0.4, 0.5) is 11.8 Å². The number of nitrogens with zero attached hydrogens (tertiary/aromatic N) is 3. The molecule has 0 atom stereocenters. The molecule has 1 aromatic rings. The molecule has 0 aliphatic rings. The average Bonchev–Trinajstić information content (AvgIpc) is 2.72. The van der Waals surface area contributed by atoms with Gasteiger partial charge < -0.3 is 19.8 Å². The summed E-state index contributed by atoms with van der Waals surface area (Å²) in [5.74, 6) is 0.607. The van der Waals surface area contributed by atoms with Crippen LogP contribution in [0, 0.1) is 10.1 Å². The highest BCUT2D eigenvalue weighted by atomic mass is 16.6. The van der Waals surface area contributed by atoms with Crippen molar-refractivity contribution in [3.8, 4) is 5.88 Å². The number of anilines is 1. The SMILES string of the molecule is CCCOc1nc([N+](=O)[O-])[nH]c1N(CC)CC. The van der Waals surface area contributed by atoms with Crippen LogP contribution in [0.5, 0.6) is 5.88 Å². The first-order valence-electron chi connectivity index (χ1n) is 5.76. The fourth-order valence-electron chi connectivity index (χ4n) is 1.48. The summed E-state index contributed by atoms with van der Waals surface area (Å²) in [4.78, 5) is 18.6. The van der Waals surface area contributed by atoms with Crippen molar-refractivity contribution in [3.05, 3.63) is 10.1 Å². The van der Waals surface area contributed by atoms with Crippen LogP contribution >= 0.6 is 0 Å². The lowest BCUT2D eigenvalue weighted by molar-refractivity contribution is -0.393. The second kappa shape index (κ2) is 6.07. The van der Waals surface area contributed by atoms with Crippen molar-refractivity contribution >= 4 is 11.8 Å². The van der Waals surface area contributed by atoms with Gasteiger partial charge in [-0.2, -0.15) is 0 Å². The van der Waals surface area contributed by atoms with Gasteiger partial charge in [-0.25, -0.2) is 4.98 Å². The number of nitro groups is 1. The molecule has 0 aliphatic carbocycles. The van der Waals surface area contributed by atoms with Gasteiger partial charge >= 0.3 is 11.8 Å². The molecule has 0 aromatic carbocycles. The summed E-state index contributed by atoms with van der Waals surface area (Å²) in [6.07, 6.45) is 0.832. The summed E-state index contributed by atoms with van der Waals surface area (Å²) in [5.41, 5.74) is 0. The molecular formula is C10H18N4O3. The molecule has 96 valence electrons. The molecule has 0 aliphatic heterocycles. The molecule has 1 N–H and O–H groups in total. The molecule has 1 heterocycles. The third-order valence-corrected chi connectivity index (χ3v) is 2.34. The van der Waals surface area contributed by atoms with Crippen molar-refractivity contribution in [2.24, 2.45) is 0 Å². The third kappa shape index (κ3) is 3.08. The van der Waals surface area contributed by atoms with E-state index in [1.807, 2.05) is 25.7 Å². The van der Waals surface area contributed by atoms with Crippen molar-refractivity contribution in [2.45, 2.75) is 27.2 Å². The predicted octanol–water partition coefficient (Wildman–Crippen LogP) is 1.95. The minimum Gasteiger partial charge on any atom is -0.462 e. The van der Waals surface area contributed by atoms with Crippen molar-refractivity contribution in [2.75, 3.05) is 24.6 Å². The van der Waals surface area contributed by atoms with E-state index in [1.165, 1.54) is 0 Å². The fourth-order valence-corrected chi connectivity index (χ4v) is 1.48. The zero-order chi connectivity index (χ0) is 12.8. The molecule has 0 fully saturated rings. The Morgan fingerprint density at radius 1 is 1.41 bits per heavy atom. The van der Waals surface area contributed by atoms with E-state index in [9.17, 15) is 10.1 Å². The topological polar surface area (TPSA) is 84.3 Å². The van der Waals surface area contributed by atoms with Gasteiger partial charge in [0.25, 0.3) is 5.82 Å². The quantitative estimate of drug-likeness (QED) is 0.583. The molecule has 17 heavy (non-hydrogen) atoms. The third-order valence-electron chi connectivity index (χ3n) is 2.34. The lowest BCUT2D eigenvalue weighted by Crippen LogP contribution is -2.23. The van der Waals surface area contributed by atoms with Crippen LogP contribution in [0.25, 0.3) is 0 Å². The first-order valence-corrected chi connectivity index (χ1v) is 5.76. The molecule has 1 aromatic heterocycles. The number of aromatic nitrogens is 2. The van der Waals surface area contributed by atoms with E-state index in [0.29, 0.717) is 18.3 Å². The highest BCUT2D eigenvalue weighted by molar-refractivity contribution is 5.51. The first-order chi connectivity index (χ1) is 8.13. The van der Waals surface area contributed by atoms with Crippen molar-refractivity contribution in [3.63, 3.8) is 0 Å². The Labute approximate surface area is 99.9 Å². The molecule has 0 saturated heterocycles. The second-order valence-corrected chi connectivity index (χ2v) is 3.49. The zero-order valence-electron chi connectivity index (χ0n) is 10.4. The number of hydrogen-bond acceptors (Lipinski definition) is 5.